The summed E-state index contributed by atoms with van der Waals surface area (Å²) in [5.41, 5.74) is 1.25. The molecule has 0 atom stereocenters. The van der Waals surface area contributed by atoms with Gasteiger partial charge in [0.2, 0.25) is 0 Å². The quantitative estimate of drug-likeness (QED) is 0.856. The summed E-state index contributed by atoms with van der Waals surface area (Å²) in [6, 6.07) is 6.83. The fourth-order valence-corrected chi connectivity index (χ4v) is 2.62. The van der Waals surface area contributed by atoms with Crippen LogP contribution in [0.3, 0.4) is 0 Å². The van der Waals surface area contributed by atoms with E-state index in [2.05, 4.69) is 11.6 Å². The summed E-state index contributed by atoms with van der Waals surface area (Å²) < 4.78 is 5.40. The Labute approximate surface area is 137 Å². The monoisotopic (exact) mass is 334 g/mol. The lowest BCUT2D eigenvalue weighted by atomic mass is 10.0. The molecule has 112 valence electrons. The smallest absolute Gasteiger partial charge is 0.266 e. The molecule has 1 heterocycles. The van der Waals surface area contributed by atoms with Crippen LogP contribution in [0.2, 0.25) is 10.0 Å². The van der Waals surface area contributed by atoms with Crippen molar-refractivity contribution in [1.82, 2.24) is 4.98 Å². The van der Waals surface area contributed by atoms with Crippen LogP contribution in [0.15, 0.2) is 35.6 Å². The van der Waals surface area contributed by atoms with Crippen LogP contribution in [-0.4, -0.2) is 11.6 Å². The van der Waals surface area contributed by atoms with E-state index in [1.807, 2.05) is 6.07 Å². The molecule has 0 bridgehead atoms. The fraction of sp³-hybridized carbons (Fsp3) is 0.125. The minimum atomic E-state index is -0.447. The minimum absolute atomic E-state index is 0.0116. The summed E-state index contributed by atoms with van der Waals surface area (Å²) in [4.78, 5) is 14.5. The van der Waals surface area contributed by atoms with Crippen molar-refractivity contribution in [3.05, 3.63) is 62.5 Å². The predicted octanol–water partition coefficient (Wildman–Crippen LogP) is 4.09. The molecule has 0 aliphatic rings. The fourth-order valence-electron chi connectivity index (χ4n) is 2.02. The van der Waals surface area contributed by atoms with Crippen LogP contribution in [0.25, 0.3) is 11.1 Å². The lowest BCUT2D eigenvalue weighted by Crippen LogP contribution is -2.12. The number of aromatic amines is 1. The van der Waals surface area contributed by atoms with E-state index in [-0.39, 0.29) is 12.2 Å². The molecule has 0 unspecified atom stereocenters. The van der Waals surface area contributed by atoms with E-state index in [9.17, 15) is 10.1 Å². The second-order valence-electron chi connectivity index (χ2n) is 4.55. The van der Waals surface area contributed by atoms with Gasteiger partial charge >= 0.3 is 0 Å². The molecule has 0 saturated heterocycles. The molecule has 4 nitrogen and oxygen atoms in total. The summed E-state index contributed by atoms with van der Waals surface area (Å²) in [5.74, 6) is 0.340. The van der Waals surface area contributed by atoms with Crippen molar-refractivity contribution in [3.8, 4) is 22.9 Å². The zero-order valence-electron chi connectivity index (χ0n) is 11.7. The number of nitrogens with zero attached hydrogens (tertiary/aromatic N) is 1. The third kappa shape index (κ3) is 3.16. The van der Waals surface area contributed by atoms with Gasteiger partial charge in [0.05, 0.1) is 10.0 Å². The van der Waals surface area contributed by atoms with Gasteiger partial charge in [-0.1, -0.05) is 35.9 Å². The molecule has 0 amide bonds. The number of hydrogen-bond acceptors (Lipinski definition) is 3. The summed E-state index contributed by atoms with van der Waals surface area (Å²) >= 11 is 12.4. The van der Waals surface area contributed by atoms with Gasteiger partial charge in [0.1, 0.15) is 18.2 Å². The number of hydrogen-bond donors (Lipinski definition) is 1. The number of pyridine rings is 1. The number of nitrogens with one attached hydrogen (secondary N) is 1. The number of rotatable bonds is 4. The van der Waals surface area contributed by atoms with Crippen LogP contribution in [0.4, 0.5) is 0 Å². The maximum absolute atomic E-state index is 11.9. The summed E-state index contributed by atoms with van der Waals surface area (Å²) in [6.07, 6.45) is 1.58. The minimum Gasteiger partial charge on any atom is -0.486 e. The molecule has 2 aromatic rings. The summed E-state index contributed by atoms with van der Waals surface area (Å²) in [6.45, 7) is 5.56. The Morgan fingerprint density at radius 2 is 2.00 bits per heavy atom. The molecule has 1 aromatic heterocycles. The van der Waals surface area contributed by atoms with Crippen LogP contribution >= 0.6 is 23.2 Å². The number of halogens is 2. The van der Waals surface area contributed by atoms with Gasteiger partial charge in [0, 0.05) is 11.3 Å². The Balaban J connectivity index is 2.63. The summed E-state index contributed by atoms with van der Waals surface area (Å²) in [5, 5.41) is 9.78. The molecule has 1 N–H and O–H groups in total. The molecule has 0 radical (unpaired) electrons. The Morgan fingerprint density at radius 1 is 1.36 bits per heavy atom. The number of nitriles is 1. The zero-order valence-corrected chi connectivity index (χ0v) is 13.3. The molecular weight excluding hydrogens is 323 g/mol. The molecule has 22 heavy (non-hydrogen) atoms. The van der Waals surface area contributed by atoms with E-state index in [4.69, 9.17) is 27.9 Å². The van der Waals surface area contributed by atoms with Gasteiger partial charge in [-0.15, -0.1) is 0 Å². The normalized spacial score (nSPS) is 10.1. The number of benzene rings is 1. The van der Waals surface area contributed by atoms with Crippen LogP contribution in [0.5, 0.6) is 5.75 Å². The standard InChI is InChI=1S/C16H12Cl2N2O2/c1-3-4-22-15-13(17)6-10(7-14(15)18)11-5-9(2)20-16(21)12(11)8-19/h3,5-7H,1,4H2,2H3,(H,20,21). The average molecular weight is 335 g/mol. The van der Waals surface area contributed by atoms with Crippen molar-refractivity contribution >= 4 is 23.2 Å². The van der Waals surface area contributed by atoms with Crippen molar-refractivity contribution in [1.29, 1.82) is 5.26 Å². The molecule has 1 aromatic carbocycles. The van der Waals surface area contributed by atoms with E-state index in [0.29, 0.717) is 32.6 Å². The average Bonchev–Trinajstić information content (AvgIpc) is 2.45. The number of aromatic nitrogens is 1. The molecule has 0 spiro atoms. The van der Waals surface area contributed by atoms with Gasteiger partial charge in [0.15, 0.2) is 5.75 Å². The first-order chi connectivity index (χ1) is 10.5. The molecule has 6 heteroatoms. The van der Waals surface area contributed by atoms with E-state index >= 15 is 0 Å². The second-order valence-corrected chi connectivity index (χ2v) is 5.37. The molecule has 2 rings (SSSR count). The van der Waals surface area contributed by atoms with Crippen molar-refractivity contribution < 1.29 is 4.74 Å². The topological polar surface area (TPSA) is 65.9 Å². The zero-order chi connectivity index (χ0) is 16.3. The Bertz CT molecular complexity index is 812. The Kier molecular flexibility index (Phi) is 4.92. The number of aryl methyl sites for hydroxylation is 1. The third-order valence-corrected chi connectivity index (χ3v) is 3.50. The van der Waals surface area contributed by atoms with Crippen molar-refractivity contribution in [2.24, 2.45) is 0 Å². The summed E-state index contributed by atoms with van der Waals surface area (Å²) in [7, 11) is 0. The molecule has 0 fully saturated rings. The van der Waals surface area contributed by atoms with Crippen LogP contribution in [0, 0.1) is 18.3 Å². The highest BCUT2D eigenvalue weighted by Gasteiger charge is 2.15. The van der Waals surface area contributed by atoms with Crippen LogP contribution < -0.4 is 10.3 Å². The number of ether oxygens (including phenoxy) is 1. The molecular formula is C16H12Cl2N2O2. The first kappa shape index (κ1) is 16.2. The lowest BCUT2D eigenvalue weighted by molar-refractivity contribution is 0.364. The third-order valence-electron chi connectivity index (χ3n) is 2.93. The van der Waals surface area contributed by atoms with E-state index in [1.54, 1.807) is 31.2 Å². The van der Waals surface area contributed by atoms with Gasteiger partial charge < -0.3 is 9.72 Å². The molecule has 0 aliphatic heterocycles. The molecule has 0 aliphatic carbocycles. The first-order valence-corrected chi connectivity index (χ1v) is 7.10. The second kappa shape index (κ2) is 6.69. The highest BCUT2D eigenvalue weighted by Crippen LogP contribution is 2.38. The van der Waals surface area contributed by atoms with Crippen molar-refractivity contribution in [3.63, 3.8) is 0 Å². The van der Waals surface area contributed by atoms with Gasteiger partial charge in [0.25, 0.3) is 5.56 Å². The largest absolute Gasteiger partial charge is 0.486 e. The SMILES string of the molecule is C=CCOc1c(Cl)cc(-c2cc(C)[nH]c(=O)c2C#N)cc1Cl. The molecule has 0 saturated carbocycles. The van der Waals surface area contributed by atoms with Crippen LogP contribution in [0.1, 0.15) is 11.3 Å². The van der Waals surface area contributed by atoms with Crippen LogP contribution in [-0.2, 0) is 0 Å². The highest BCUT2D eigenvalue weighted by atomic mass is 35.5. The van der Waals surface area contributed by atoms with Gasteiger partial charge in [-0.3, -0.25) is 4.79 Å². The Morgan fingerprint density at radius 3 is 2.55 bits per heavy atom. The van der Waals surface area contributed by atoms with E-state index in [1.165, 1.54) is 0 Å². The van der Waals surface area contributed by atoms with Crippen molar-refractivity contribution in [2.75, 3.05) is 6.61 Å². The van der Waals surface area contributed by atoms with E-state index in [0.717, 1.165) is 0 Å². The van der Waals surface area contributed by atoms with Gasteiger partial charge in [-0.2, -0.15) is 5.26 Å². The Hall–Kier alpha value is -2.22. The first-order valence-electron chi connectivity index (χ1n) is 6.35. The van der Waals surface area contributed by atoms with Gasteiger partial charge in [-0.05, 0) is 30.7 Å². The lowest BCUT2D eigenvalue weighted by Gasteiger charge is -2.11. The predicted molar refractivity (Wildman–Crippen MR) is 87.7 cm³/mol. The maximum Gasteiger partial charge on any atom is 0.266 e. The highest BCUT2D eigenvalue weighted by molar-refractivity contribution is 6.37. The van der Waals surface area contributed by atoms with Crippen molar-refractivity contribution in [2.45, 2.75) is 6.92 Å². The number of H-pyrrole nitrogens is 1. The maximum atomic E-state index is 11.9. The van der Waals surface area contributed by atoms with E-state index < -0.39 is 5.56 Å². The van der Waals surface area contributed by atoms with Gasteiger partial charge in [-0.25, -0.2) is 0 Å².